The summed E-state index contributed by atoms with van der Waals surface area (Å²) in [5, 5.41) is 6.15. The van der Waals surface area contributed by atoms with Crippen LogP contribution in [0.1, 0.15) is 22.3 Å². The molecule has 1 N–H and O–H groups in total. The van der Waals surface area contributed by atoms with Crippen LogP contribution in [0, 0.1) is 0 Å². The number of aromatic nitrogens is 1. The maximum Gasteiger partial charge on any atom is 0.111 e. The van der Waals surface area contributed by atoms with Gasteiger partial charge in [0.25, 0.3) is 0 Å². The maximum absolute atomic E-state index is 3.63. The van der Waals surface area contributed by atoms with Gasteiger partial charge in [-0.05, 0) is 63.7 Å². The SMILES string of the molecule is CN1C=CN(c2cccc(C3(c4ccc5c6ccccc6n(C6=CC=CCN6)c5c4)c4ccccc4-c4ccccc43)c2)C1. The molecule has 0 unspecified atom stereocenters. The van der Waals surface area contributed by atoms with Crippen LogP contribution in [0.3, 0.4) is 0 Å². The van der Waals surface area contributed by atoms with Gasteiger partial charge in [-0.1, -0.05) is 103 Å². The lowest BCUT2D eigenvalue weighted by Crippen LogP contribution is -2.29. The van der Waals surface area contributed by atoms with Crippen molar-refractivity contribution >= 4 is 33.3 Å². The summed E-state index contributed by atoms with van der Waals surface area (Å²) in [4.78, 5) is 4.53. The predicted molar refractivity (Wildman–Crippen MR) is 182 cm³/mol. The Bertz CT molecular complexity index is 2150. The molecule has 0 atom stereocenters. The average molecular weight is 569 g/mol. The van der Waals surface area contributed by atoms with Gasteiger partial charge in [0.2, 0.25) is 0 Å². The van der Waals surface area contributed by atoms with Crippen LogP contribution in [-0.4, -0.2) is 29.7 Å². The Labute approximate surface area is 257 Å². The monoisotopic (exact) mass is 568 g/mol. The van der Waals surface area contributed by atoms with E-state index in [2.05, 4.69) is 173 Å². The number of allylic oxidation sites excluding steroid dienone is 2. The Hall–Kier alpha value is -5.48. The lowest BCUT2D eigenvalue weighted by molar-refractivity contribution is 0.495. The van der Waals surface area contributed by atoms with E-state index in [4.69, 9.17) is 0 Å². The number of nitrogens with zero attached hydrogens (tertiary/aromatic N) is 3. The van der Waals surface area contributed by atoms with Gasteiger partial charge < -0.3 is 15.1 Å². The van der Waals surface area contributed by atoms with Crippen LogP contribution in [0.15, 0.2) is 146 Å². The van der Waals surface area contributed by atoms with E-state index in [9.17, 15) is 0 Å². The van der Waals surface area contributed by atoms with E-state index in [-0.39, 0.29) is 0 Å². The van der Waals surface area contributed by atoms with Crippen molar-refractivity contribution < 1.29 is 0 Å². The zero-order chi connectivity index (χ0) is 29.3. The van der Waals surface area contributed by atoms with E-state index in [1.807, 2.05) is 0 Å². The lowest BCUT2D eigenvalue weighted by Gasteiger charge is -2.35. The number of para-hydroxylation sites is 1. The Morgan fingerprint density at radius 2 is 1.39 bits per heavy atom. The standard InChI is InChI=1S/C40H32N4/c1-42-23-24-43(27-42)30-12-10-11-28(25-30)40(35-16-5-2-13-31(35)32-14-3-6-17-36(32)40)29-20-21-34-33-15-4-7-18-37(33)44(38(34)26-29)39-19-8-9-22-41-39/h2-21,23-26,41H,22,27H2,1H3. The summed E-state index contributed by atoms with van der Waals surface area (Å²) >= 11 is 0. The Kier molecular flexibility index (Phi) is 5.42. The second-order valence-corrected chi connectivity index (χ2v) is 12.0. The van der Waals surface area contributed by atoms with E-state index in [0.29, 0.717) is 0 Å². The first-order valence-corrected chi connectivity index (χ1v) is 15.3. The molecule has 3 aliphatic rings. The second kappa shape index (κ2) is 9.51. The quantitative estimate of drug-likeness (QED) is 0.231. The first kappa shape index (κ1) is 25.1. The summed E-state index contributed by atoms with van der Waals surface area (Å²) in [6, 6.07) is 43.1. The van der Waals surface area contributed by atoms with Crippen LogP contribution in [0.25, 0.3) is 38.8 Å². The van der Waals surface area contributed by atoms with Gasteiger partial charge >= 0.3 is 0 Å². The molecule has 44 heavy (non-hydrogen) atoms. The van der Waals surface area contributed by atoms with Gasteiger partial charge in [0.1, 0.15) is 5.82 Å². The van der Waals surface area contributed by atoms with Crippen molar-refractivity contribution in [3.05, 3.63) is 168 Å². The fourth-order valence-corrected chi connectivity index (χ4v) is 7.70. The topological polar surface area (TPSA) is 23.4 Å². The summed E-state index contributed by atoms with van der Waals surface area (Å²) in [6.45, 7) is 1.66. The van der Waals surface area contributed by atoms with Crippen LogP contribution in [0.5, 0.6) is 0 Å². The number of dihydropyridines is 1. The van der Waals surface area contributed by atoms with E-state index in [1.165, 1.54) is 60.9 Å². The largest absolute Gasteiger partial charge is 0.368 e. The number of benzene rings is 5. The van der Waals surface area contributed by atoms with Crippen molar-refractivity contribution in [1.29, 1.82) is 0 Å². The number of fused-ring (bicyclic) bond motifs is 6. The zero-order valence-corrected chi connectivity index (χ0v) is 24.6. The highest BCUT2D eigenvalue weighted by Gasteiger charge is 2.46. The van der Waals surface area contributed by atoms with Gasteiger partial charge in [-0.2, -0.15) is 0 Å². The normalized spacial score (nSPS) is 16.3. The molecular formula is C40H32N4. The number of anilines is 1. The summed E-state index contributed by atoms with van der Waals surface area (Å²) in [6.07, 6.45) is 10.8. The minimum absolute atomic E-state index is 0.484. The highest BCUT2D eigenvalue weighted by Crippen LogP contribution is 2.56. The lowest BCUT2D eigenvalue weighted by atomic mass is 9.67. The Balaban J connectivity index is 1.38. The molecule has 0 saturated carbocycles. The molecule has 2 aliphatic heterocycles. The highest BCUT2D eigenvalue weighted by atomic mass is 15.3. The maximum atomic E-state index is 3.63. The first-order valence-electron chi connectivity index (χ1n) is 15.3. The van der Waals surface area contributed by atoms with Crippen molar-refractivity contribution in [3.8, 4) is 11.1 Å². The van der Waals surface area contributed by atoms with E-state index in [1.54, 1.807) is 0 Å². The van der Waals surface area contributed by atoms with Crippen LogP contribution in [0.2, 0.25) is 0 Å². The third-order valence-corrected chi connectivity index (χ3v) is 9.58. The molecule has 1 aromatic heterocycles. The smallest absolute Gasteiger partial charge is 0.111 e. The summed E-state index contributed by atoms with van der Waals surface area (Å²) in [5.74, 6) is 1.10. The van der Waals surface area contributed by atoms with Gasteiger partial charge in [-0.3, -0.25) is 4.57 Å². The predicted octanol–water partition coefficient (Wildman–Crippen LogP) is 8.30. The third-order valence-electron chi connectivity index (χ3n) is 9.58. The molecule has 4 nitrogen and oxygen atoms in total. The van der Waals surface area contributed by atoms with Crippen LogP contribution in [0.4, 0.5) is 5.69 Å². The molecule has 0 saturated heterocycles. The second-order valence-electron chi connectivity index (χ2n) is 12.0. The molecule has 9 rings (SSSR count). The molecule has 3 heterocycles. The molecule has 0 fully saturated rings. The van der Waals surface area contributed by atoms with Gasteiger partial charge in [-0.25, -0.2) is 0 Å². The number of hydrogen-bond donors (Lipinski definition) is 1. The van der Waals surface area contributed by atoms with Gasteiger partial charge in [0, 0.05) is 42.5 Å². The summed E-state index contributed by atoms with van der Waals surface area (Å²) in [5.41, 5.74) is 10.9. The number of rotatable bonds is 4. The van der Waals surface area contributed by atoms with Gasteiger partial charge in [0.05, 0.1) is 23.1 Å². The fourth-order valence-electron chi connectivity index (χ4n) is 7.70. The number of nitrogens with one attached hydrogen (secondary N) is 1. The van der Waals surface area contributed by atoms with E-state index < -0.39 is 5.41 Å². The van der Waals surface area contributed by atoms with Crippen molar-refractivity contribution in [3.63, 3.8) is 0 Å². The average Bonchev–Trinajstić information content (AvgIpc) is 3.76. The van der Waals surface area contributed by atoms with Crippen LogP contribution >= 0.6 is 0 Å². The third kappa shape index (κ3) is 3.45. The minimum Gasteiger partial charge on any atom is -0.368 e. The molecule has 0 bridgehead atoms. The molecule has 212 valence electrons. The fraction of sp³-hybridized carbons (Fsp3) is 0.100. The van der Waals surface area contributed by atoms with Gasteiger partial charge in [-0.15, -0.1) is 0 Å². The van der Waals surface area contributed by atoms with Crippen LogP contribution < -0.4 is 10.2 Å². The Morgan fingerprint density at radius 3 is 2.14 bits per heavy atom. The summed E-state index contributed by atoms with van der Waals surface area (Å²) < 4.78 is 2.40. The van der Waals surface area contributed by atoms with E-state index >= 15 is 0 Å². The molecule has 1 aliphatic carbocycles. The Morgan fingerprint density at radius 1 is 0.659 bits per heavy atom. The molecule has 4 heteroatoms. The molecule has 0 amide bonds. The minimum atomic E-state index is -0.484. The van der Waals surface area contributed by atoms with Crippen molar-refractivity contribution in [2.45, 2.75) is 5.41 Å². The zero-order valence-electron chi connectivity index (χ0n) is 24.6. The molecule has 5 aromatic carbocycles. The highest BCUT2D eigenvalue weighted by molar-refractivity contribution is 6.10. The van der Waals surface area contributed by atoms with Crippen LogP contribution in [-0.2, 0) is 5.41 Å². The van der Waals surface area contributed by atoms with Crippen molar-refractivity contribution in [2.75, 3.05) is 25.2 Å². The molecule has 6 aromatic rings. The summed E-state index contributed by atoms with van der Waals surface area (Å²) in [7, 11) is 2.12. The van der Waals surface area contributed by atoms with Crippen molar-refractivity contribution in [1.82, 2.24) is 14.8 Å². The molecule has 0 spiro atoms. The molecule has 0 radical (unpaired) electrons. The first-order chi connectivity index (χ1) is 21.7. The van der Waals surface area contributed by atoms with E-state index in [0.717, 1.165) is 19.0 Å². The molecular weight excluding hydrogens is 536 g/mol. The van der Waals surface area contributed by atoms with Gasteiger partial charge in [0.15, 0.2) is 0 Å². The van der Waals surface area contributed by atoms with Crippen molar-refractivity contribution in [2.24, 2.45) is 0 Å². The number of hydrogen-bond acceptors (Lipinski definition) is 3.